The van der Waals surface area contributed by atoms with E-state index >= 15 is 0 Å². The molecule has 0 heterocycles. The van der Waals surface area contributed by atoms with Gasteiger partial charge < -0.3 is 5.32 Å². The Labute approximate surface area is 158 Å². The molecule has 0 atom stereocenters. The Hall–Kier alpha value is -0.380. The van der Waals surface area contributed by atoms with E-state index in [0.717, 1.165) is 23.3 Å². The molecule has 0 saturated heterocycles. The zero-order valence-electron chi connectivity index (χ0n) is 13.9. The minimum Gasteiger partial charge on any atom is -0.323 e. The van der Waals surface area contributed by atoms with Crippen LogP contribution < -0.4 is 5.32 Å². The zero-order valence-corrected chi connectivity index (χ0v) is 16.2. The molecule has 0 radical (unpaired) electrons. The van der Waals surface area contributed by atoms with Gasteiger partial charge in [0.25, 0.3) is 0 Å². The molecule has 24 heavy (non-hydrogen) atoms. The van der Waals surface area contributed by atoms with E-state index < -0.39 is 0 Å². The van der Waals surface area contributed by atoms with Crippen molar-refractivity contribution >= 4 is 46.6 Å². The first-order valence-electron chi connectivity index (χ1n) is 8.82. The van der Waals surface area contributed by atoms with Crippen molar-refractivity contribution in [3.63, 3.8) is 0 Å². The molecule has 0 spiro atoms. The Morgan fingerprint density at radius 1 is 1.17 bits per heavy atom. The molecule has 4 aliphatic rings. The monoisotopic (exact) mass is 383 g/mol. The highest BCUT2D eigenvalue weighted by atomic mass is 35.5. The van der Waals surface area contributed by atoms with E-state index in [1.54, 1.807) is 6.07 Å². The fourth-order valence-electron chi connectivity index (χ4n) is 5.37. The number of thioether (sulfide) groups is 1. The normalized spacial score (nSPS) is 33.7. The molecule has 2 nitrogen and oxygen atoms in total. The van der Waals surface area contributed by atoms with Crippen molar-refractivity contribution < 1.29 is 4.79 Å². The van der Waals surface area contributed by atoms with E-state index in [4.69, 9.17) is 23.2 Å². The van der Waals surface area contributed by atoms with Crippen LogP contribution in [-0.2, 0) is 4.79 Å². The van der Waals surface area contributed by atoms with Crippen molar-refractivity contribution in [1.82, 2.24) is 0 Å². The van der Waals surface area contributed by atoms with Gasteiger partial charge in [-0.1, -0.05) is 29.3 Å². The van der Waals surface area contributed by atoms with Gasteiger partial charge in [0, 0.05) is 4.75 Å². The molecule has 4 bridgehead atoms. The van der Waals surface area contributed by atoms with E-state index in [-0.39, 0.29) is 5.91 Å². The van der Waals surface area contributed by atoms with Crippen LogP contribution in [0.5, 0.6) is 0 Å². The van der Waals surface area contributed by atoms with E-state index in [9.17, 15) is 4.79 Å². The van der Waals surface area contributed by atoms with Gasteiger partial charge in [-0.2, -0.15) is 0 Å². The number of halogens is 2. The van der Waals surface area contributed by atoms with Gasteiger partial charge in [-0.05, 0) is 74.8 Å². The van der Waals surface area contributed by atoms with E-state index in [0.29, 0.717) is 26.2 Å². The lowest BCUT2D eigenvalue weighted by Gasteiger charge is -2.56. The lowest BCUT2D eigenvalue weighted by Crippen LogP contribution is -2.49. The molecule has 0 unspecified atom stereocenters. The number of amides is 1. The summed E-state index contributed by atoms with van der Waals surface area (Å²) in [5.41, 5.74) is 1.47. The minimum atomic E-state index is 0.00476. The van der Waals surface area contributed by atoms with Crippen molar-refractivity contribution in [2.75, 3.05) is 11.1 Å². The molecule has 4 aliphatic carbocycles. The maximum atomic E-state index is 12.5. The second-order valence-corrected chi connectivity index (χ2v) is 10.2. The molecule has 4 fully saturated rings. The third kappa shape index (κ3) is 3.20. The maximum Gasteiger partial charge on any atom is 0.234 e. The summed E-state index contributed by atoms with van der Waals surface area (Å²) >= 11 is 14.4. The summed E-state index contributed by atoms with van der Waals surface area (Å²) in [5, 5.41) is 3.96. The number of carbonyl (C=O) groups excluding carboxylic acids is 1. The van der Waals surface area contributed by atoms with Gasteiger partial charge >= 0.3 is 0 Å². The molecule has 4 saturated carbocycles. The zero-order chi connectivity index (χ0) is 16.9. The van der Waals surface area contributed by atoms with Crippen LogP contribution in [0.3, 0.4) is 0 Å². The summed E-state index contributed by atoms with van der Waals surface area (Å²) in [6.45, 7) is 1.92. The van der Waals surface area contributed by atoms with Gasteiger partial charge in [-0.15, -0.1) is 11.8 Å². The summed E-state index contributed by atoms with van der Waals surface area (Å²) in [6, 6.07) is 3.65. The first kappa shape index (κ1) is 17.1. The quantitative estimate of drug-likeness (QED) is 0.696. The van der Waals surface area contributed by atoms with Crippen molar-refractivity contribution in [1.29, 1.82) is 0 Å². The number of aryl methyl sites for hydroxylation is 1. The number of hydrogen-bond donors (Lipinski definition) is 1. The average molecular weight is 384 g/mol. The Morgan fingerprint density at radius 3 is 2.33 bits per heavy atom. The Kier molecular flexibility index (Phi) is 4.55. The van der Waals surface area contributed by atoms with Crippen LogP contribution in [-0.4, -0.2) is 16.4 Å². The Balaban J connectivity index is 1.40. The minimum absolute atomic E-state index is 0.00476. The lowest BCUT2D eigenvalue weighted by atomic mass is 9.56. The van der Waals surface area contributed by atoms with Crippen LogP contribution in [0.2, 0.25) is 10.0 Å². The van der Waals surface area contributed by atoms with E-state index in [2.05, 4.69) is 5.32 Å². The molecule has 0 aliphatic heterocycles. The summed E-state index contributed by atoms with van der Waals surface area (Å²) in [7, 11) is 0. The van der Waals surface area contributed by atoms with Crippen LogP contribution in [0, 0.1) is 24.7 Å². The molecule has 1 N–H and O–H groups in total. The summed E-state index contributed by atoms with van der Waals surface area (Å²) in [4.78, 5) is 12.5. The first-order chi connectivity index (χ1) is 11.4. The molecule has 5 heteroatoms. The highest BCUT2D eigenvalue weighted by molar-refractivity contribution is 8.01. The number of rotatable bonds is 4. The number of benzene rings is 1. The van der Waals surface area contributed by atoms with Crippen LogP contribution >= 0.6 is 35.0 Å². The van der Waals surface area contributed by atoms with Gasteiger partial charge in [-0.25, -0.2) is 0 Å². The third-order valence-corrected chi connectivity index (χ3v) is 8.36. The second-order valence-electron chi connectivity index (χ2n) is 7.99. The highest BCUT2D eigenvalue weighted by Gasteiger charge is 2.51. The fourth-order valence-corrected chi connectivity index (χ4v) is 7.41. The molecule has 5 rings (SSSR count). The Morgan fingerprint density at radius 2 is 1.75 bits per heavy atom. The Bertz CT molecular complexity index is 640. The van der Waals surface area contributed by atoms with Gasteiger partial charge in [0.05, 0.1) is 21.5 Å². The summed E-state index contributed by atoms with van der Waals surface area (Å²) < 4.78 is 0.353. The lowest BCUT2D eigenvalue weighted by molar-refractivity contribution is -0.113. The fraction of sp³-hybridized carbons (Fsp3) is 0.632. The predicted octanol–water partition coefficient (Wildman–Crippen LogP) is 5.94. The van der Waals surface area contributed by atoms with Crippen molar-refractivity contribution in [2.45, 2.75) is 50.2 Å². The van der Waals surface area contributed by atoms with Gasteiger partial charge in [0.1, 0.15) is 0 Å². The molecule has 130 valence electrons. The average Bonchev–Trinajstić information content (AvgIpc) is 2.52. The summed E-state index contributed by atoms with van der Waals surface area (Å²) in [5.74, 6) is 3.23. The van der Waals surface area contributed by atoms with Crippen LogP contribution in [0.4, 0.5) is 5.69 Å². The molecular formula is C19H23Cl2NOS. The number of carbonyl (C=O) groups is 1. The molecule has 1 amide bonds. The molecule has 1 aromatic carbocycles. The predicted molar refractivity (Wildman–Crippen MR) is 103 cm³/mol. The second kappa shape index (κ2) is 6.41. The van der Waals surface area contributed by atoms with Crippen molar-refractivity contribution in [2.24, 2.45) is 17.8 Å². The van der Waals surface area contributed by atoms with Crippen LogP contribution in [0.25, 0.3) is 0 Å². The SMILES string of the molecule is Cc1ccc(Cl)c(NC(=O)CSC23CC4CC(CC(C4)C2)C3)c1Cl. The van der Waals surface area contributed by atoms with E-state index in [1.165, 1.54) is 38.5 Å². The topological polar surface area (TPSA) is 29.1 Å². The summed E-state index contributed by atoms with van der Waals surface area (Å²) in [6.07, 6.45) is 8.22. The molecular weight excluding hydrogens is 361 g/mol. The number of nitrogens with one attached hydrogen (secondary N) is 1. The third-order valence-electron chi connectivity index (χ3n) is 6.04. The van der Waals surface area contributed by atoms with Crippen molar-refractivity contribution in [3.8, 4) is 0 Å². The first-order valence-corrected chi connectivity index (χ1v) is 10.6. The van der Waals surface area contributed by atoms with Crippen LogP contribution in [0.15, 0.2) is 12.1 Å². The standard InChI is InChI=1S/C19H23Cl2NOS/c1-11-2-3-15(20)18(17(11)21)22-16(23)10-24-19-7-12-4-13(8-19)6-14(5-12)9-19/h2-3,12-14H,4-10H2,1H3,(H,22,23). The number of anilines is 1. The largest absolute Gasteiger partial charge is 0.323 e. The maximum absolute atomic E-state index is 12.5. The van der Waals surface area contributed by atoms with Gasteiger partial charge in [0.15, 0.2) is 0 Å². The highest BCUT2D eigenvalue weighted by Crippen LogP contribution is 2.60. The molecule has 1 aromatic rings. The van der Waals surface area contributed by atoms with Crippen molar-refractivity contribution in [3.05, 3.63) is 27.7 Å². The smallest absolute Gasteiger partial charge is 0.234 e. The van der Waals surface area contributed by atoms with Gasteiger partial charge in [-0.3, -0.25) is 4.79 Å². The van der Waals surface area contributed by atoms with Gasteiger partial charge in [0.2, 0.25) is 5.91 Å². The van der Waals surface area contributed by atoms with E-state index in [1.807, 2.05) is 24.8 Å². The van der Waals surface area contributed by atoms with Crippen LogP contribution in [0.1, 0.15) is 44.1 Å². The number of hydrogen-bond acceptors (Lipinski definition) is 2. The molecule has 0 aromatic heterocycles.